The van der Waals surface area contributed by atoms with Gasteiger partial charge in [-0.2, -0.15) is 0 Å². The molecule has 0 aliphatic rings. The molecule has 0 spiro atoms. The Bertz CT molecular complexity index is 558. The Morgan fingerprint density at radius 1 is 1.21 bits per heavy atom. The van der Waals surface area contributed by atoms with E-state index in [-0.39, 0.29) is 5.91 Å². The van der Waals surface area contributed by atoms with Crippen molar-refractivity contribution in [2.75, 3.05) is 6.54 Å². The summed E-state index contributed by atoms with van der Waals surface area (Å²) >= 11 is 5.83. The van der Waals surface area contributed by atoms with Crippen molar-refractivity contribution in [2.45, 2.75) is 13.8 Å². The predicted molar refractivity (Wildman–Crippen MR) is 76.3 cm³/mol. The average Bonchev–Trinajstić information content (AvgIpc) is 2.86. The van der Waals surface area contributed by atoms with Gasteiger partial charge in [0.1, 0.15) is 5.76 Å². The quantitative estimate of drug-likeness (QED) is 0.918. The van der Waals surface area contributed by atoms with Gasteiger partial charge in [0.2, 0.25) is 0 Å². The second-order valence-electron chi connectivity index (χ2n) is 4.77. The summed E-state index contributed by atoms with van der Waals surface area (Å²) in [5.41, 5.74) is 0.896. The van der Waals surface area contributed by atoms with Gasteiger partial charge in [0.25, 0.3) is 5.91 Å². The van der Waals surface area contributed by atoms with E-state index in [9.17, 15) is 4.79 Å². The van der Waals surface area contributed by atoms with Gasteiger partial charge in [-0.05, 0) is 42.3 Å². The summed E-state index contributed by atoms with van der Waals surface area (Å²) in [4.78, 5) is 11.8. The van der Waals surface area contributed by atoms with Gasteiger partial charge in [-0.3, -0.25) is 4.79 Å². The summed E-state index contributed by atoms with van der Waals surface area (Å²) in [7, 11) is 0. The zero-order valence-electron chi connectivity index (χ0n) is 10.9. The van der Waals surface area contributed by atoms with Crippen LogP contribution in [0, 0.1) is 5.92 Å². The van der Waals surface area contributed by atoms with Crippen LogP contribution in [-0.4, -0.2) is 12.5 Å². The van der Waals surface area contributed by atoms with Crippen LogP contribution in [0.4, 0.5) is 0 Å². The highest BCUT2D eigenvalue weighted by Gasteiger charge is 2.12. The molecule has 0 saturated carbocycles. The van der Waals surface area contributed by atoms with Crippen LogP contribution in [0.15, 0.2) is 40.8 Å². The van der Waals surface area contributed by atoms with Crippen molar-refractivity contribution in [1.82, 2.24) is 5.32 Å². The molecule has 19 heavy (non-hydrogen) atoms. The lowest BCUT2D eigenvalue weighted by molar-refractivity contribution is 0.0922. The Balaban J connectivity index is 2.10. The van der Waals surface area contributed by atoms with Crippen molar-refractivity contribution in [3.8, 4) is 11.3 Å². The van der Waals surface area contributed by atoms with E-state index in [2.05, 4.69) is 5.32 Å². The SMILES string of the molecule is CC(C)CNC(=O)c1ccc(-c2ccc(Cl)cc2)o1. The fourth-order valence-electron chi connectivity index (χ4n) is 1.61. The fourth-order valence-corrected chi connectivity index (χ4v) is 1.74. The predicted octanol–water partition coefficient (Wildman–Crippen LogP) is 3.99. The fraction of sp³-hybridized carbons (Fsp3) is 0.267. The van der Waals surface area contributed by atoms with Crippen molar-refractivity contribution >= 4 is 17.5 Å². The second kappa shape index (κ2) is 5.93. The molecule has 0 radical (unpaired) electrons. The van der Waals surface area contributed by atoms with Gasteiger partial charge in [0, 0.05) is 17.1 Å². The number of carbonyl (C=O) groups excluding carboxylic acids is 1. The molecule has 0 saturated heterocycles. The second-order valence-corrected chi connectivity index (χ2v) is 5.21. The number of benzene rings is 1. The Hall–Kier alpha value is -1.74. The van der Waals surface area contributed by atoms with Crippen LogP contribution in [0.25, 0.3) is 11.3 Å². The largest absolute Gasteiger partial charge is 0.451 e. The van der Waals surface area contributed by atoms with Crippen molar-refractivity contribution < 1.29 is 9.21 Å². The molecule has 3 nitrogen and oxygen atoms in total. The molecule has 100 valence electrons. The van der Waals surface area contributed by atoms with E-state index in [0.717, 1.165) is 5.56 Å². The number of carbonyl (C=O) groups is 1. The standard InChI is InChI=1S/C15H16ClNO2/c1-10(2)9-17-15(18)14-8-7-13(19-14)11-3-5-12(16)6-4-11/h3-8,10H,9H2,1-2H3,(H,17,18). The highest BCUT2D eigenvalue weighted by atomic mass is 35.5. The summed E-state index contributed by atoms with van der Waals surface area (Å²) < 4.78 is 5.55. The molecule has 1 heterocycles. The topological polar surface area (TPSA) is 42.2 Å². The van der Waals surface area contributed by atoms with E-state index < -0.39 is 0 Å². The van der Waals surface area contributed by atoms with Gasteiger partial charge in [-0.15, -0.1) is 0 Å². The van der Waals surface area contributed by atoms with Gasteiger partial charge in [-0.25, -0.2) is 0 Å². The number of nitrogens with one attached hydrogen (secondary N) is 1. The molecule has 0 atom stereocenters. The van der Waals surface area contributed by atoms with Crippen LogP contribution >= 0.6 is 11.6 Å². The third-order valence-corrected chi connectivity index (χ3v) is 2.88. The first-order valence-electron chi connectivity index (χ1n) is 6.20. The summed E-state index contributed by atoms with van der Waals surface area (Å²) in [5, 5.41) is 3.49. The minimum absolute atomic E-state index is 0.186. The molecule has 0 aliphatic carbocycles. The minimum Gasteiger partial charge on any atom is -0.451 e. The Labute approximate surface area is 117 Å². The zero-order chi connectivity index (χ0) is 13.8. The molecule has 1 aromatic carbocycles. The molecule has 0 bridgehead atoms. The number of hydrogen-bond acceptors (Lipinski definition) is 2. The summed E-state index contributed by atoms with van der Waals surface area (Å²) in [6, 6.07) is 10.8. The summed E-state index contributed by atoms with van der Waals surface area (Å²) in [5.74, 6) is 1.21. The lowest BCUT2D eigenvalue weighted by Gasteiger charge is -2.05. The van der Waals surface area contributed by atoms with Crippen LogP contribution in [0.5, 0.6) is 0 Å². The monoisotopic (exact) mass is 277 g/mol. The first kappa shape index (κ1) is 13.7. The maximum atomic E-state index is 11.8. The molecule has 1 amide bonds. The maximum absolute atomic E-state index is 11.8. The van der Waals surface area contributed by atoms with Crippen LogP contribution < -0.4 is 5.32 Å². The van der Waals surface area contributed by atoms with E-state index >= 15 is 0 Å². The smallest absolute Gasteiger partial charge is 0.287 e. The first-order chi connectivity index (χ1) is 9.06. The number of furan rings is 1. The van der Waals surface area contributed by atoms with Crippen molar-refractivity contribution in [2.24, 2.45) is 5.92 Å². The van der Waals surface area contributed by atoms with Gasteiger partial charge in [0.15, 0.2) is 5.76 Å². The van der Waals surface area contributed by atoms with E-state index in [1.807, 2.05) is 26.0 Å². The zero-order valence-corrected chi connectivity index (χ0v) is 11.7. The molecule has 1 aromatic heterocycles. The van der Waals surface area contributed by atoms with Crippen molar-refractivity contribution in [3.63, 3.8) is 0 Å². The Morgan fingerprint density at radius 3 is 2.53 bits per heavy atom. The third kappa shape index (κ3) is 3.61. The van der Waals surface area contributed by atoms with Gasteiger partial charge >= 0.3 is 0 Å². The maximum Gasteiger partial charge on any atom is 0.287 e. The molecular weight excluding hydrogens is 262 g/mol. The molecule has 0 aliphatic heterocycles. The molecule has 1 N–H and O–H groups in total. The molecular formula is C15H16ClNO2. The van der Waals surface area contributed by atoms with Crippen LogP contribution in [-0.2, 0) is 0 Å². The first-order valence-corrected chi connectivity index (χ1v) is 6.58. The van der Waals surface area contributed by atoms with Crippen molar-refractivity contribution in [1.29, 1.82) is 0 Å². The lowest BCUT2D eigenvalue weighted by Crippen LogP contribution is -2.26. The highest BCUT2D eigenvalue weighted by molar-refractivity contribution is 6.30. The molecule has 0 unspecified atom stereocenters. The molecule has 2 rings (SSSR count). The average molecular weight is 278 g/mol. The number of amides is 1. The summed E-state index contributed by atoms with van der Waals surface area (Å²) in [6.45, 7) is 4.72. The third-order valence-electron chi connectivity index (χ3n) is 2.63. The van der Waals surface area contributed by atoms with Crippen LogP contribution in [0.1, 0.15) is 24.4 Å². The van der Waals surface area contributed by atoms with Gasteiger partial charge in [-0.1, -0.05) is 25.4 Å². The Morgan fingerprint density at radius 2 is 1.89 bits per heavy atom. The molecule has 4 heteroatoms. The van der Waals surface area contributed by atoms with E-state index in [1.165, 1.54) is 0 Å². The molecule has 0 fully saturated rings. The molecule has 2 aromatic rings. The van der Waals surface area contributed by atoms with Crippen LogP contribution in [0.2, 0.25) is 5.02 Å². The lowest BCUT2D eigenvalue weighted by atomic mass is 10.2. The number of halogens is 1. The number of hydrogen-bond donors (Lipinski definition) is 1. The van der Waals surface area contributed by atoms with Crippen LogP contribution in [0.3, 0.4) is 0 Å². The highest BCUT2D eigenvalue weighted by Crippen LogP contribution is 2.23. The van der Waals surface area contributed by atoms with E-state index in [0.29, 0.717) is 29.0 Å². The Kier molecular flexibility index (Phi) is 4.27. The summed E-state index contributed by atoms with van der Waals surface area (Å²) in [6.07, 6.45) is 0. The number of rotatable bonds is 4. The minimum atomic E-state index is -0.186. The van der Waals surface area contributed by atoms with E-state index in [4.69, 9.17) is 16.0 Å². The van der Waals surface area contributed by atoms with E-state index in [1.54, 1.807) is 24.3 Å². The normalized spacial score (nSPS) is 10.7. The van der Waals surface area contributed by atoms with Gasteiger partial charge < -0.3 is 9.73 Å². The van der Waals surface area contributed by atoms with Gasteiger partial charge in [0.05, 0.1) is 0 Å². The van der Waals surface area contributed by atoms with Crippen molar-refractivity contribution in [3.05, 3.63) is 47.2 Å².